The van der Waals surface area contributed by atoms with Crippen molar-refractivity contribution in [2.45, 2.75) is 13.8 Å². The summed E-state index contributed by atoms with van der Waals surface area (Å²) in [6.45, 7) is 10.7. The first-order chi connectivity index (χ1) is 9.49. The van der Waals surface area contributed by atoms with Gasteiger partial charge in [0.15, 0.2) is 0 Å². The van der Waals surface area contributed by atoms with Gasteiger partial charge in [-0.15, -0.1) is 0 Å². The van der Waals surface area contributed by atoms with Crippen LogP contribution in [-0.2, 0) is 19.3 Å². The number of hydrogen-bond acceptors (Lipinski definition) is 6. The molecule has 0 atom stereocenters. The van der Waals surface area contributed by atoms with E-state index in [0.29, 0.717) is 19.8 Å². The van der Waals surface area contributed by atoms with Gasteiger partial charge in [0, 0.05) is 52.2 Å². The molecule has 0 aliphatic rings. The largest absolute Gasteiger partial charge is 0.380 e. The fourth-order valence-corrected chi connectivity index (χ4v) is 2.15. The van der Waals surface area contributed by atoms with Gasteiger partial charge in [0.2, 0.25) is 0 Å². The van der Waals surface area contributed by atoms with Crippen molar-refractivity contribution in [3.63, 3.8) is 0 Å². The van der Waals surface area contributed by atoms with Gasteiger partial charge in [-0.2, -0.15) is 0 Å². The van der Waals surface area contributed by atoms with Crippen LogP contribution >= 0.6 is 0 Å². The lowest BCUT2D eigenvalue weighted by atomic mass is 10.4. The number of ether oxygens (including phenoxy) is 2. The van der Waals surface area contributed by atoms with E-state index in [1.165, 1.54) is 6.26 Å². The topological polar surface area (TPSA) is 67.9 Å². The summed E-state index contributed by atoms with van der Waals surface area (Å²) in [6, 6.07) is 0. The Bertz CT molecular complexity index is 299. The summed E-state index contributed by atoms with van der Waals surface area (Å²) < 4.78 is 32.7. The number of sulfone groups is 1. The van der Waals surface area contributed by atoms with E-state index in [1.807, 2.05) is 13.8 Å². The van der Waals surface area contributed by atoms with E-state index in [1.54, 1.807) is 0 Å². The summed E-state index contributed by atoms with van der Waals surface area (Å²) in [5.41, 5.74) is 0. The zero-order valence-corrected chi connectivity index (χ0v) is 13.9. The molecular weight excluding hydrogens is 280 g/mol. The summed E-state index contributed by atoms with van der Waals surface area (Å²) in [4.78, 5) is 2.26. The van der Waals surface area contributed by atoms with Crippen LogP contribution in [0.25, 0.3) is 0 Å². The van der Waals surface area contributed by atoms with Crippen molar-refractivity contribution < 1.29 is 17.9 Å². The molecule has 20 heavy (non-hydrogen) atoms. The highest BCUT2D eigenvalue weighted by molar-refractivity contribution is 7.90. The lowest BCUT2D eigenvalue weighted by Gasteiger charge is -2.22. The maximum absolute atomic E-state index is 11.0. The van der Waals surface area contributed by atoms with Crippen LogP contribution in [-0.4, -0.2) is 84.5 Å². The van der Waals surface area contributed by atoms with Gasteiger partial charge in [-0.3, -0.25) is 4.90 Å². The van der Waals surface area contributed by atoms with Crippen LogP contribution in [0.1, 0.15) is 13.8 Å². The van der Waals surface area contributed by atoms with Crippen molar-refractivity contribution in [1.29, 1.82) is 0 Å². The lowest BCUT2D eigenvalue weighted by molar-refractivity contribution is 0.0833. The molecule has 0 bridgehead atoms. The second-order valence-electron chi connectivity index (χ2n) is 4.62. The molecule has 0 spiro atoms. The predicted molar refractivity (Wildman–Crippen MR) is 82.0 cm³/mol. The molecule has 0 heterocycles. The number of rotatable bonds is 14. The Morgan fingerprint density at radius 1 is 0.950 bits per heavy atom. The Balaban J connectivity index is 3.77. The van der Waals surface area contributed by atoms with E-state index in [2.05, 4.69) is 10.2 Å². The molecule has 1 N–H and O–H groups in total. The molecule has 0 fully saturated rings. The highest BCUT2D eigenvalue weighted by Crippen LogP contribution is 1.90. The van der Waals surface area contributed by atoms with Crippen molar-refractivity contribution in [3.8, 4) is 0 Å². The monoisotopic (exact) mass is 310 g/mol. The van der Waals surface area contributed by atoms with E-state index in [-0.39, 0.29) is 5.75 Å². The third-order valence-corrected chi connectivity index (χ3v) is 3.71. The average Bonchev–Trinajstić information content (AvgIpc) is 2.37. The van der Waals surface area contributed by atoms with E-state index < -0.39 is 9.84 Å². The second kappa shape index (κ2) is 12.5. The summed E-state index contributed by atoms with van der Waals surface area (Å²) >= 11 is 0. The second-order valence-corrected chi connectivity index (χ2v) is 6.88. The Morgan fingerprint density at radius 2 is 1.50 bits per heavy atom. The Hall–Kier alpha value is -0.210. The molecule has 0 amide bonds. The van der Waals surface area contributed by atoms with Gasteiger partial charge in [-0.25, -0.2) is 8.42 Å². The van der Waals surface area contributed by atoms with Crippen LogP contribution < -0.4 is 5.32 Å². The van der Waals surface area contributed by atoms with Gasteiger partial charge in [-0.05, 0) is 13.8 Å². The third-order valence-electron chi connectivity index (χ3n) is 2.77. The smallest absolute Gasteiger partial charge is 0.148 e. The maximum atomic E-state index is 11.0. The summed E-state index contributed by atoms with van der Waals surface area (Å²) in [6.07, 6.45) is 1.26. The summed E-state index contributed by atoms with van der Waals surface area (Å²) in [5.74, 6) is 0.185. The SMILES string of the molecule is CCOCCN(CCNCCS(C)(=O)=O)CCOCC. The van der Waals surface area contributed by atoms with Crippen molar-refractivity contribution in [2.75, 3.05) is 71.2 Å². The maximum Gasteiger partial charge on any atom is 0.148 e. The first-order valence-corrected chi connectivity index (χ1v) is 9.32. The van der Waals surface area contributed by atoms with E-state index in [0.717, 1.165) is 39.4 Å². The van der Waals surface area contributed by atoms with Gasteiger partial charge in [0.25, 0.3) is 0 Å². The van der Waals surface area contributed by atoms with Gasteiger partial charge < -0.3 is 14.8 Å². The van der Waals surface area contributed by atoms with E-state index in [9.17, 15) is 8.42 Å². The molecule has 0 aromatic rings. The summed E-state index contributed by atoms with van der Waals surface area (Å²) in [5, 5.41) is 3.15. The van der Waals surface area contributed by atoms with E-state index >= 15 is 0 Å². The van der Waals surface area contributed by atoms with Gasteiger partial charge in [-0.1, -0.05) is 0 Å². The number of nitrogens with zero attached hydrogens (tertiary/aromatic N) is 1. The fourth-order valence-electron chi connectivity index (χ4n) is 1.63. The minimum absolute atomic E-state index is 0.185. The van der Waals surface area contributed by atoms with Crippen molar-refractivity contribution in [3.05, 3.63) is 0 Å². The standard InChI is InChI=1S/C13H30N2O4S/c1-4-18-11-9-15(10-12-19-5-2)8-6-14-7-13-20(3,16)17/h14H,4-13H2,1-3H3. The molecule has 0 unspecified atom stereocenters. The third kappa shape index (κ3) is 14.2. The van der Waals surface area contributed by atoms with Crippen molar-refractivity contribution in [2.24, 2.45) is 0 Å². The van der Waals surface area contributed by atoms with Crippen LogP contribution in [0.4, 0.5) is 0 Å². The quantitative estimate of drug-likeness (QED) is 0.455. The number of nitrogens with one attached hydrogen (secondary N) is 1. The van der Waals surface area contributed by atoms with Crippen molar-refractivity contribution >= 4 is 9.84 Å². The van der Waals surface area contributed by atoms with Crippen LogP contribution in [0, 0.1) is 0 Å². The highest BCUT2D eigenvalue weighted by atomic mass is 32.2. The Labute approximate surface area is 123 Å². The average molecular weight is 310 g/mol. The van der Waals surface area contributed by atoms with E-state index in [4.69, 9.17) is 9.47 Å². The highest BCUT2D eigenvalue weighted by Gasteiger charge is 2.05. The summed E-state index contributed by atoms with van der Waals surface area (Å²) in [7, 11) is -2.88. The predicted octanol–water partition coefficient (Wildman–Crippen LogP) is -0.00440. The van der Waals surface area contributed by atoms with Crippen LogP contribution in [0.5, 0.6) is 0 Å². The fraction of sp³-hybridized carbons (Fsp3) is 1.00. The van der Waals surface area contributed by atoms with Crippen LogP contribution in [0.2, 0.25) is 0 Å². The molecule has 0 radical (unpaired) electrons. The molecular formula is C13H30N2O4S. The first-order valence-electron chi connectivity index (χ1n) is 7.25. The normalized spacial score (nSPS) is 12.2. The van der Waals surface area contributed by atoms with Gasteiger partial charge in [0.1, 0.15) is 9.84 Å². The molecule has 0 saturated heterocycles. The van der Waals surface area contributed by atoms with Crippen LogP contribution in [0.3, 0.4) is 0 Å². The zero-order valence-electron chi connectivity index (χ0n) is 13.1. The Kier molecular flexibility index (Phi) is 12.4. The minimum atomic E-state index is -2.88. The Morgan fingerprint density at radius 3 is 1.95 bits per heavy atom. The van der Waals surface area contributed by atoms with Crippen LogP contribution in [0.15, 0.2) is 0 Å². The minimum Gasteiger partial charge on any atom is -0.380 e. The lowest BCUT2D eigenvalue weighted by Crippen LogP contribution is -2.37. The zero-order chi connectivity index (χ0) is 15.3. The van der Waals surface area contributed by atoms with Gasteiger partial charge in [0.05, 0.1) is 19.0 Å². The molecule has 0 aliphatic carbocycles. The number of hydrogen-bond donors (Lipinski definition) is 1. The first kappa shape index (κ1) is 19.8. The molecule has 0 saturated carbocycles. The molecule has 0 aromatic carbocycles. The van der Waals surface area contributed by atoms with Crippen molar-refractivity contribution in [1.82, 2.24) is 10.2 Å². The molecule has 0 aliphatic heterocycles. The molecule has 0 aromatic heterocycles. The molecule has 7 heteroatoms. The molecule has 6 nitrogen and oxygen atoms in total. The van der Waals surface area contributed by atoms with Gasteiger partial charge >= 0.3 is 0 Å². The molecule has 0 rings (SSSR count). The molecule has 122 valence electrons.